The molecule has 2 aromatic rings. The standard InChI is InChI=1S/C14H17BrN4O3/c1-3-4-7-19-13(16-17-18-19)9-22-14(20)11-8-10(21-2)5-6-12(11)15/h5-6,8H,3-4,7,9H2,1-2H3. The molecule has 0 amide bonds. The zero-order valence-corrected chi connectivity index (χ0v) is 14.0. The van der Waals surface area contributed by atoms with Crippen molar-refractivity contribution >= 4 is 21.9 Å². The van der Waals surface area contributed by atoms with Gasteiger partial charge in [0.2, 0.25) is 0 Å². The summed E-state index contributed by atoms with van der Waals surface area (Å²) in [4.78, 5) is 12.2. The second-order valence-corrected chi connectivity index (χ2v) is 5.45. The van der Waals surface area contributed by atoms with E-state index in [1.807, 2.05) is 0 Å². The van der Waals surface area contributed by atoms with Crippen molar-refractivity contribution < 1.29 is 14.3 Å². The summed E-state index contributed by atoms with van der Waals surface area (Å²) in [5, 5.41) is 11.4. The topological polar surface area (TPSA) is 79.1 Å². The number of ether oxygens (including phenoxy) is 2. The first kappa shape index (κ1) is 16.4. The van der Waals surface area contributed by atoms with Crippen LogP contribution in [0, 0.1) is 0 Å². The molecule has 0 bridgehead atoms. The van der Waals surface area contributed by atoms with Gasteiger partial charge in [0.1, 0.15) is 5.75 Å². The Morgan fingerprint density at radius 2 is 2.23 bits per heavy atom. The first-order valence-electron chi connectivity index (χ1n) is 6.91. The molecular formula is C14H17BrN4O3. The third-order valence-corrected chi connectivity index (χ3v) is 3.75. The van der Waals surface area contributed by atoms with Gasteiger partial charge in [-0.05, 0) is 51.0 Å². The number of benzene rings is 1. The zero-order chi connectivity index (χ0) is 15.9. The van der Waals surface area contributed by atoms with Gasteiger partial charge in [0.05, 0.1) is 12.7 Å². The summed E-state index contributed by atoms with van der Waals surface area (Å²) >= 11 is 3.33. The van der Waals surface area contributed by atoms with Crippen molar-refractivity contribution in [2.24, 2.45) is 0 Å². The number of carbonyl (C=O) groups excluding carboxylic acids is 1. The Kier molecular flexibility index (Phi) is 5.88. The minimum Gasteiger partial charge on any atom is -0.497 e. The van der Waals surface area contributed by atoms with E-state index in [2.05, 4.69) is 38.4 Å². The number of hydrogen-bond donors (Lipinski definition) is 0. The summed E-state index contributed by atoms with van der Waals surface area (Å²) in [6.07, 6.45) is 2.00. The predicted molar refractivity (Wildman–Crippen MR) is 82.5 cm³/mol. The van der Waals surface area contributed by atoms with Crippen LogP contribution in [-0.2, 0) is 17.9 Å². The molecule has 118 valence electrons. The lowest BCUT2D eigenvalue weighted by Crippen LogP contribution is -2.11. The van der Waals surface area contributed by atoms with Gasteiger partial charge in [-0.2, -0.15) is 0 Å². The van der Waals surface area contributed by atoms with Crippen molar-refractivity contribution in [2.75, 3.05) is 7.11 Å². The fourth-order valence-electron chi connectivity index (χ4n) is 1.80. The van der Waals surface area contributed by atoms with Gasteiger partial charge in [-0.1, -0.05) is 13.3 Å². The normalized spacial score (nSPS) is 10.5. The average molecular weight is 369 g/mol. The van der Waals surface area contributed by atoms with Crippen LogP contribution in [0.15, 0.2) is 22.7 Å². The Labute approximate surface area is 136 Å². The smallest absolute Gasteiger partial charge is 0.339 e. The first-order chi connectivity index (χ1) is 10.7. The summed E-state index contributed by atoms with van der Waals surface area (Å²) in [7, 11) is 1.54. The third kappa shape index (κ3) is 4.03. The van der Waals surface area contributed by atoms with E-state index >= 15 is 0 Å². The van der Waals surface area contributed by atoms with Gasteiger partial charge in [0, 0.05) is 11.0 Å². The minimum absolute atomic E-state index is 0.0270. The number of carbonyl (C=O) groups is 1. The quantitative estimate of drug-likeness (QED) is 0.698. The van der Waals surface area contributed by atoms with E-state index < -0.39 is 5.97 Å². The second kappa shape index (κ2) is 7.88. The highest BCUT2D eigenvalue weighted by molar-refractivity contribution is 9.10. The molecule has 8 heteroatoms. The third-order valence-electron chi connectivity index (χ3n) is 3.06. The van der Waals surface area contributed by atoms with E-state index in [4.69, 9.17) is 9.47 Å². The van der Waals surface area contributed by atoms with Gasteiger partial charge >= 0.3 is 5.97 Å². The molecule has 0 saturated carbocycles. The maximum absolute atomic E-state index is 12.2. The molecule has 0 unspecified atom stereocenters. The molecule has 22 heavy (non-hydrogen) atoms. The summed E-state index contributed by atoms with van der Waals surface area (Å²) in [5.74, 6) is 0.652. The summed E-state index contributed by atoms with van der Waals surface area (Å²) in [6, 6.07) is 5.11. The minimum atomic E-state index is -0.462. The molecule has 0 radical (unpaired) electrons. The lowest BCUT2D eigenvalue weighted by atomic mass is 10.2. The maximum Gasteiger partial charge on any atom is 0.339 e. The number of hydrogen-bond acceptors (Lipinski definition) is 6. The molecule has 0 aliphatic carbocycles. The highest BCUT2D eigenvalue weighted by Gasteiger charge is 2.15. The average Bonchev–Trinajstić information content (AvgIpc) is 2.98. The van der Waals surface area contributed by atoms with Gasteiger partial charge in [-0.25, -0.2) is 9.48 Å². The highest BCUT2D eigenvalue weighted by atomic mass is 79.9. The van der Waals surface area contributed by atoms with Crippen LogP contribution in [0.25, 0.3) is 0 Å². The summed E-state index contributed by atoms with van der Waals surface area (Å²) < 4.78 is 12.7. The molecule has 0 fully saturated rings. The van der Waals surface area contributed by atoms with Crippen LogP contribution in [-0.4, -0.2) is 33.3 Å². The van der Waals surface area contributed by atoms with Crippen LogP contribution in [0.2, 0.25) is 0 Å². The monoisotopic (exact) mass is 368 g/mol. The highest BCUT2D eigenvalue weighted by Crippen LogP contribution is 2.23. The molecule has 7 nitrogen and oxygen atoms in total. The fourth-order valence-corrected chi connectivity index (χ4v) is 2.21. The summed E-state index contributed by atoms with van der Waals surface area (Å²) in [6.45, 7) is 2.82. The number of halogens is 1. The van der Waals surface area contributed by atoms with Crippen LogP contribution >= 0.6 is 15.9 Å². The van der Waals surface area contributed by atoms with Gasteiger partial charge in [0.25, 0.3) is 0 Å². The Bertz CT molecular complexity index is 645. The number of methoxy groups -OCH3 is 1. The Morgan fingerprint density at radius 1 is 1.41 bits per heavy atom. The number of aryl methyl sites for hydroxylation is 1. The van der Waals surface area contributed by atoms with Crippen LogP contribution < -0.4 is 4.74 Å². The van der Waals surface area contributed by atoms with Crippen molar-refractivity contribution in [3.8, 4) is 5.75 Å². The fraction of sp³-hybridized carbons (Fsp3) is 0.429. The maximum atomic E-state index is 12.2. The van der Waals surface area contributed by atoms with Crippen molar-refractivity contribution in [2.45, 2.75) is 32.9 Å². The molecule has 1 aromatic heterocycles. The lowest BCUT2D eigenvalue weighted by Gasteiger charge is -2.08. The second-order valence-electron chi connectivity index (χ2n) is 4.59. The molecule has 2 rings (SSSR count). The van der Waals surface area contributed by atoms with Crippen molar-refractivity contribution in [1.29, 1.82) is 0 Å². The van der Waals surface area contributed by atoms with Gasteiger partial charge < -0.3 is 9.47 Å². The molecule has 1 heterocycles. The van der Waals surface area contributed by atoms with E-state index in [1.165, 1.54) is 0 Å². The number of esters is 1. The molecule has 1 aromatic carbocycles. The van der Waals surface area contributed by atoms with E-state index in [0.717, 1.165) is 12.8 Å². The molecule has 0 aliphatic rings. The molecule has 0 N–H and O–H groups in total. The number of unbranched alkanes of at least 4 members (excludes halogenated alkanes) is 1. The van der Waals surface area contributed by atoms with Gasteiger partial charge in [-0.15, -0.1) is 5.10 Å². The van der Waals surface area contributed by atoms with Gasteiger partial charge in [0.15, 0.2) is 12.4 Å². The van der Waals surface area contributed by atoms with E-state index in [0.29, 0.717) is 28.2 Å². The van der Waals surface area contributed by atoms with Crippen molar-refractivity contribution in [3.05, 3.63) is 34.1 Å². The Hall–Kier alpha value is -1.96. The molecule has 0 aliphatic heterocycles. The number of tetrazole rings is 1. The van der Waals surface area contributed by atoms with Crippen LogP contribution in [0.1, 0.15) is 35.9 Å². The van der Waals surface area contributed by atoms with Crippen LogP contribution in [0.5, 0.6) is 5.75 Å². The Morgan fingerprint density at radius 3 is 2.95 bits per heavy atom. The van der Waals surface area contributed by atoms with Crippen LogP contribution in [0.4, 0.5) is 0 Å². The molecular weight excluding hydrogens is 352 g/mol. The van der Waals surface area contributed by atoms with Crippen LogP contribution in [0.3, 0.4) is 0 Å². The van der Waals surface area contributed by atoms with E-state index in [-0.39, 0.29) is 6.61 Å². The number of rotatable bonds is 7. The lowest BCUT2D eigenvalue weighted by molar-refractivity contribution is 0.0455. The van der Waals surface area contributed by atoms with E-state index in [1.54, 1.807) is 30.0 Å². The largest absolute Gasteiger partial charge is 0.497 e. The predicted octanol–water partition coefficient (Wildman–Crippen LogP) is 2.60. The van der Waals surface area contributed by atoms with Crippen molar-refractivity contribution in [3.63, 3.8) is 0 Å². The molecule has 0 atom stereocenters. The zero-order valence-electron chi connectivity index (χ0n) is 12.5. The van der Waals surface area contributed by atoms with Crippen molar-refractivity contribution in [1.82, 2.24) is 20.2 Å². The van der Waals surface area contributed by atoms with E-state index in [9.17, 15) is 4.79 Å². The molecule has 0 spiro atoms. The Balaban J connectivity index is 2.02. The number of nitrogens with zero attached hydrogens (tertiary/aromatic N) is 4. The molecule has 0 saturated heterocycles. The summed E-state index contributed by atoms with van der Waals surface area (Å²) in [5.41, 5.74) is 0.395. The SMILES string of the molecule is CCCCn1nnnc1COC(=O)c1cc(OC)ccc1Br. The van der Waals surface area contributed by atoms with Gasteiger partial charge in [-0.3, -0.25) is 0 Å². The number of aromatic nitrogens is 4. The first-order valence-corrected chi connectivity index (χ1v) is 7.70.